The number of ether oxygens (including phenoxy) is 1. The fourth-order valence-corrected chi connectivity index (χ4v) is 1.89. The molecule has 15 heavy (non-hydrogen) atoms. The molecule has 2 rings (SSSR count). The minimum atomic E-state index is 0.318. The monoisotopic (exact) mass is 227 g/mol. The van der Waals surface area contributed by atoms with Crippen molar-refractivity contribution in [2.45, 2.75) is 19.4 Å². The van der Waals surface area contributed by atoms with Crippen LogP contribution in [0.5, 0.6) is 0 Å². The Balaban J connectivity index is 1.90. The zero-order valence-corrected chi connectivity index (χ0v) is 9.37. The van der Waals surface area contributed by atoms with Gasteiger partial charge < -0.3 is 10.1 Å². The number of halogens is 1. The highest BCUT2D eigenvalue weighted by Gasteiger charge is 2.23. The van der Waals surface area contributed by atoms with Crippen molar-refractivity contribution < 1.29 is 4.74 Å². The zero-order chi connectivity index (χ0) is 10.7. The van der Waals surface area contributed by atoms with Crippen molar-refractivity contribution >= 4 is 17.4 Å². The fourth-order valence-electron chi connectivity index (χ4n) is 1.71. The Hall–Kier alpha value is -0.870. The molecule has 1 aliphatic heterocycles. The van der Waals surface area contributed by atoms with Gasteiger partial charge in [-0.3, -0.25) is 0 Å². The highest BCUT2D eigenvalue weighted by molar-refractivity contribution is 6.32. The summed E-state index contributed by atoms with van der Waals surface area (Å²) in [6.45, 7) is 3.80. The Morgan fingerprint density at radius 1 is 1.67 bits per heavy atom. The van der Waals surface area contributed by atoms with Crippen LogP contribution < -0.4 is 5.32 Å². The van der Waals surface area contributed by atoms with E-state index in [9.17, 15) is 0 Å². The third kappa shape index (κ3) is 2.58. The molecule has 1 aliphatic rings. The Labute approximate surface area is 94.0 Å². The van der Waals surface area contributed by atoms with Crippen molar-refractivity contribution in [2.24, 2.45) is 5.92 Å². The van der Waals surface area contributed by atoms with Crippen LogP contribution in [0, 0.1) is 5.92 Å². The van der Waals surface area contributed by atoms with Gasteiger partial charge in [0.05, 0.1) is 12.3 Å². The molecule has 2 atom stereocenters. The molecule has 1 aromatic heterocycles. The van der Waals surface area contributed by atoms with Crippen molar-refractivity contribution in [1.29, 1.82) is 0 Å². The first kappa shape index (κ1) is 10.6. The first-order valence-corrected chi connectivity index (χ1v) is 5.46. The lowest BCUT2D eigenvalue weighted by Crippen LogP contribution is -2.21. The van der Waals surface area contributed by atoms with Crippen LogP contribution in [0.15, 0.2) is 12.5 Å². The highest BCUT2D eigenvalue weighted by atomic mass is 35.5. The van der Waals surface area contributed by atoms with E-state index in [4.69, 9.17) is 16.3 Å². The van der Waals surface area contributed by atoms with E-state index in [1.807, 2.05) is 0 Å². The topological polar surface area (TPSA) is 47.0 Å². The van der Waals surface area contributed by atoms with Crippen LogP contribution in [0.1, 0.15) is 13.3 Å². The van der Waals surface area contributed by atoms with Gasteiger partial charge in [-0.25, -0.2) is 9.97 Å². The van der Waals surface area contributed by atoms with Crippen LogP contribution in [0.2, 0.25) is 5.02 Å². The minimum absolute atomic E-state index is 0.318. The van der Waals surface area contributed by atoms with Gasteiger partial charge >= 0.3 is 0 Å². The molecule has 2 unspecified atom stereocenters. The molecule has 5 heteroatoms. The lowest BCUT2D eigenvalue weighted by Gasteiger charge is -2.15. The molecule has 0 aliphatic carbocycles. The van der Waals surface area contributed by atoms with E-state index in [0.29, 0.717) is 22.9 Å². The second kappa shape index (κ2) is 4.77. The van der Waals surface area contributed by atoms with Gasteiger partial charge in [0, 0.05) is 19.1 Å². The van der Waals surface area contributed by atoms with E-state index in [0.717, 1.165) is 19.6 Å². The summed E-state index contributed by atoms with van der Waals surface area (Å²) in [5.41, 5.74) is 0. The number of nitrogens with one attached hydrogen (secondary N) is 1. The first-order chi connectivity index (χ1) is 7.27. The second-order valence-corrected chi connectivity index (χ2v) is 4.13. The normalized spacial score (nSPS) is 25.5. The van der Waals surface area contributed by atoms with Gasteiger partial charge in [0.1, 0.15) is 17.2 Å². The molecular formula is C10H14ClN3O. The highest BCUT2D eigenvalue weighted by Crippen LogP contribution is 2.22. The number of nitrogens with zero attached hydrogens (tertiary/aromatic N) is 2. The Morgan fingerprint density at radius 3 is 3.20 bits per heavy atom. The number of aromatic nitrogens is 2. The van der Waals surface area contributed by atoms with Crippen molar-refractivity contribution in [3.8, 4) is 0 Å². The molecule has 1 fully saturated rings. The maximum absolute atomic E-state index is 5.93. The van der Waals surface area contributed by atoms with E-state index in [2.05, 4.69) is 22.2 Å². The van der Waals surface area contributed by atoms with Crippen molar-refractivity contribution in [2.75, 3.05) is 18.5 Å². The molecule has 1 N–H and O–H groups in total. The van der Waals surface area contributed by atoms with Crippen LogP contribution in [-0.2, 0) is 4.74 Å². The first-order valence-electron chi connectivity index (χ1n) is 5.08. The van der Waals surface area contributed by atoms with Gasteiger partial charge in [-0.15, -0.1) is 0 Å². The summed E-state index contributed by atoms with van der Waals surface area (Å²) in [6, 6.07) is 0. The van der Waals surface area contributed by atoms with Crippen LogP contribution in [-0.4, -0.2) is 29.2 Å². The molecule has 0 aromatic carbocycles. The van der Waals surface area contributed by atoms with E-state index in [-0.39, 0.29) is 0 Å². The van der Waals surface area contributed by atoms with Crippen LogP contribution >= 0.6 is 11.6 Å². The third-order valence-corrected chi connectivity index (χ3v) is 3.01. The largest absolute Gasteiger partial charge is 0.378 e. The predicted octanol–water partition coefficient (Wildman–Crippen LogP) is 1.97. The van der Waals surface area contributed by atoms with Gasteiger partial charge in [-0.05, 0) is 13.3 Å². The number of hydrogen-bond donors (Lipinski definition) is 1. The fraction of sp³-hybridized carbons (Fsp3) is 0.600. The summed E-state index contributed by atoms with van der Waals surface area (Å²) in [4.78, 5) is 7.90. The molecular weight excluding hydrogens is 214 g/mol. The molecule has 4 nitrogen and oxygen atoms in total. The third-order valence-electron chi connectivity index (χ3n) is 2.73. The SMILES string of the molecule is CC1OCCC1CNc1ncncc1Cl. The predicted molar refractivity (Wildman–Crippen MR) is 59.1 cm³/mol. The molecule has 82 valence electrons. The van der Waals surface area contributed by atoms with E-state index in [1.54, 1.807) is 6.20 Å². The lowest BCUT2D eigenvalue weighted by atomic mass is 10.0. The van der Waals surface area contributed by atoms with Crippen molar-refractivity contribution in [1.82, 2.24) is 9.97 Å². The number of hydrogen-bond acceptors (Lipinski definition) is 4. The molecule has 1 aromatic rings. The summed E-state index contributed by atoms with van der Waals surface area (Å²) in [5.74, 6) is 1.24. The standard InChI is InChI=1S/C10H14ClN3O/c1-7-8(2-3-15-7)4-13-10-9(11)5-12-6-14-10/h5-8H,2-4H2,1H3,(H,12,13,14). The molecule has 2 heterocycles. The maximum atomic E-state index is 5.93. The Morgan fingerprint density at radius 2 is 2.53 bits per heavy atom. The smallest absolute Gasteiger partial charge is 0.148 e. The van der Waals surface area contributed by atoms with Crippen LogP contribution in [0.3, 0.4) is 0 Å². The Bertz CT molecular complexity index is 334. The molecule has 1 saturated heterocycles. The van der Waals surface area contributed by atoms with E-state index in [1.165, 1.54) is 6.33 Å². The summed E-state index contributed by atoms with van der Waals surface area (Å²) >= 11 is 5.93. The van der Waals surface area contributed by atoms with Crippen molar-refractivity contribution in [3.05, 3.63) is 17.5 Å². The molecule has 0 saturated carbocycles. The zero-order valence-electron chi connectivity index (χ0n) is 8.61. The van der Waals surface area contributed by atoms with Gasteiger partial charge in [-0.2, -0.15) is 0 Å². The number of anilines is 1. The summed E-state index contributed by atoms with van der Waals surface area (Å²) in [5, 5.41) is 3.78. The van der Waals surface area contributed by atoms with E-state index < -0.39 is 0 Å². The van der Waals surface area contributed by atoms with Crippen LogP contribution in [0.25, 0.3) is 0 Å². The minimum Gasteiger partial charge on any atom is -0.378 e. The Kier molecular flexibility index (Phi) is 3.38. The number of rotatable bonds is 3. The quantitative estimate of drug-likeness (QED) is 0.858. The van der Waals surface area contributed by atoms with Gasteiger partial charge in [0.25, 0.3) is 0 Å². The molecule has 0 radical (unpaired) electrons. The lowest BCUT2D eigenvalue weighted by molar-refractivity contribution is 0.108. The van der Waals surface area contributed by atoms with Gasteiger partial charge in [0.15, 0.2) is 0 Å². The van der Waals surface area contributed by atoms with Gasteiger partial charge in [0.2, 0.25) is 0 Å². The average Bonchev–Trinajstić information content (AvgIpc) is 2.63. The summed E-state index contributed by atoms with van der Waals surface area (Å²) in [6.07, 6.45) is 4.49. The summed E-state index contributed by atoms with van der Waals surface area (Å²) in [7, 11) is 0. The maximum Gasteiger partial charge on any atom is 0.148 e. The van der Waals surface area contributed by atoms with E-state index >= 15 is 0 Å². The van der Waals surface area contributed by atoms with Crippen LogP contribution in [0.4, 0.5) is 5.82 Å². The molecule has 0 bridgehead atoms. The average molecular weight is 228 g/mol. The second-order valence-electron chi connectivity index (χ2n) is 3.72. The van der Waals surface area contributed by atoms with Crippen molar-refractivity contribution in [3.63, 3.8) is 0 Å². The van der Waals surface area contributed by atoms with Gasteiger partial charge in [-0.1, -0.05) is 11.6 Å². The summed E-state index contributed by atoms with van der Waals surface area (Å²) < 4.78 is 5.48. The molecule has 0 spiro atoms. The molecule has 0 amide bonds.